The van der Waals surface area contributed by atoms with Gasteiger partial charge in [-0.05, 0) is 60.4 Å². The van der Waals surface area contributed by atoms with Crippen molar-refractivity contribution in [2.75, 3.05) is 5.32 Å². The number of fused-ring (bicyclic) bond motifs is 1. The number of nitrogens with zero attached hydrogens (tertiary/aromatic N) is 2. The number of allylic oxidation sites excluding steroid dienone is 5. The number of hydrogen-bond donors (Lipinski definition) is 1. The van der Waals surface area contributed by atoms with Crippen LogP contribution in [0.15, 0.2) is 76.5 Å². The molecule has 160 valence electrons. The summed E-state index contributed by atoms with van der Waals surface area (Å²) in [7, 11) is 0. The summed E-state index contributed by atoms with van der Waals surface area (Å²) in [6.07, 6.45) is 10.6. The first kappa shape index (κ1) is 21.3. The molecule has 0 bridgehead atoms. The highest BCUT2D eigenvalue weighted by Gasteiger charge is 2.21. The number of aromatic nitrogens is 1. The summed E-state index contributed by atoms with van der Waals surface area (Å²) in [6, 6.07) is 13.2. The molecule has 1 aliphatic carbocycles. The van der Waals surface area contributed by atoms with Crippen LogP contribution in [0.5, 0.6) is 0 Å². The third-order valence-electron chi connectivity index (χ3n) is 6.09. The first-order valence-corrected chi connectivity index (χ1v) is 11.4. The van der Waals surface area contributed by atoms with Crippen molar-refractivity contribution >= 4 is 11.9 Å². The van der Waals surface area contributed by atoms with Gasteiger partial charge < -0.3 is 5.32 Å². The molecule has 3 heteroatoms. The Morgan fingerprint density at radius 1 is 1.06 bits per heavy atom. The monoisotopic (exact) mass is 411 g/mol. The van der Waals surface area contributed by atoms with Crippen LogP contribution in [0.1, 0.15) is 52.3 Å². The van der Waals surface area contributed by atoms with Crippen molar-refractivity contribution in [2.24, 2.45) is 16.8 Å². The number of pyridine rings is 1. The van der Waals surface area contributed by atoms with E-state index in [1.807, 2.05) is 12.3 Å². The second kappa shape index (κ2) is 9.05. The Labute approximate surface area is 186 Å². The normalized spacial score (nSPS) is 18.5. The Bertz CT molecular complexity index is 1080. The minimum absolute atomic E-state index is 0.419. The van der Waals surface area contributed by atoms with E-state index in [4.69, 9.17) is 9.98 Å². The number of anilines is 1. The molecule has 1 N–H and O–H groups in total. The van der Waals surface area contributed by atoms with Crippen molar-refractivity contribution in [3.8, 4) is 11.3 Å². The first-order chi connectivity index (χ1) is 14.9. The molecule has 0 amide bonds. The molecule has 1 aliphatic heterocycles. The van der Waals surface area contributed by atoms with E-state index in [2.05, 4.69) is 88.5 Å². The lowest BCUT2D eigenvalue weighted by atomic mass is 9.91. The van der Waals surface area contributed by atoms with Gasteiger partial charge in [0.15, 0.2) is 0 Å². The third kappa shape index (κ3) is 4.56. The second-order valence-corrected chi connectivity index (χ2v) is 9.23. The summed E-state index contributed by atoms with van der Waals surface area (Å²) in [5, 5.41) is 3.62. The van der Waals surface area contributed by atoms with Crippen molar-refractivity contribution in [3.63, 3.8) is 0 Å². The highest BCUT2D eigenvalue weighted by atomic mass is 14.9. The molecule has 1 aromatic carbocycles. The smallest absolute Gasteiger partial charge is 0.0820 e. The summed E-state index contributed by atoms with van der Waals surface area (Å²) in [4.78, 5) is 9.95. The van der Waals surface area contributed by atoms with Crippen LogP contribution in [0.4, 0.5) is 5.69 Å². The minimum Gasteiger partial charge on any atom is -0.381 e. The minimum atomic E-state index is 0.419. The van der Waals surface area contributed by atoms with Crippen LogP contribution < -0.4 is 5.32 Å². The average molecular weight is 412 g/mol. The van der Waals surface area contributed by atoms with Crippen molar-refractivity contribution in [1.29, 1.82) is 0 Å². The predicted molar refractivity (Wildman–Crippen MR) is 133 cm³/mol. The van der Waals surface area contributed by atoms with Crippen molar-refractivity contribution in [1.82, 2.24) is 4.98 Å². The van der Waals surface area contributed by atoms with Crippen LogP contribution in [0.3, 0.4) is 0 Å². The molecule has 2 aromatic rings. The summed E-state index contributed by atoms with van der Waals surface area (Å²) < 4.78 is 0. The van der Waals surface area contributed by atoms with Gasteiger partial charge in [-0.15, -0.1) is 0 Å². The van der Waals surface area contributed by atoms with Crippen molar-refractivity contribution in [2.45, 2.75) is 53.5 Å². The molecular weight excluding hydrogens is 378 g/mol. The lowest BCUT2D eigenvalue weighted by Gasteiger charge is -2.18. The van der Waals surface area contributed by atoms with E-state index in [-0.39, 0.29) is 0 Å². The maximum atomic E-state index is 5.01. The number of nitrogens with one attached hydrogen (secondary N) is 1. The molecule has 31 heavy (non-hydrogen) atoms. The largest absolute Gasteiger partial charge is 0.381 e. The predicted octanol–water partition coefficient (Wildman–Crippen LogP) is 6.98. The zero-order chi connectivity index (χ0) is 22.0. The first-order valence-electron chi connectivity index (χ1n) is 11.4. The molecule has 1 unspecified atom stereocenters. The van der Waals surface area contributed by atoms with Crippen LogP contribution in [0, 0.1) is 11.8 Å². The lowest BCUT2D eigenvalue weighted by Crippen LogP contribution is -2.09. The molecule has 2 heterocycles. The summed E-state index contributed by atoms with van der Waals surface area (Å²) in [5.74, 6) is 0.874. The Kier molecular flexibility index (Phi) is 6.22. The van der Waals surface area contributed by atoms with E-state index in [1.54, 1.807) is 0 Å². The Morgan fingerprint density at radius 3 is 2.65 bits per heavy atom. The van der Waals surface area contributed by atoms with Gasteiger partial charge in [-0.1, -0.05) is 70.2 Å². The molecule has 2 aliphatic rings. The number of para-hydroxylation sites is 1. The maximum absolute atomic E-state index is 5.01. The molecule has 0 radical (unpaired) electrons. The molecule has 3 nitrogen and oxygen atoms in total. The second-order valence-electron chi connectivity index (χ2n) is 9.23. The Morgan fingerprint density at radius 2 is 1.87 bits per heavy atom. The van der Waals surface area contributed by atoms with Gasteiger partial charge in [0.05, 0.1) is 23.3 Å². The Hall–Kier alpha value is -2.94. The van der Waals surface area contributed by atoms with Crippen molar-refractivity contribution < 1.29 is 0 Å². The fraction of sp³-hybridized carbons (Fsp3) is 0.357. The Balaban J connectivity index is 1.70. The number of aliphatic imine (C=N–C) groups is 1. The summed E-state index contributed by atoms with van der Waals surface area (Å²) in [5.41, 5.74) is 9.44. The van der Waals surface area contributed by atoms with E-state index in [0.29, 0.717) is 17.9 Å². The summed E-state index contributed by atoms with van der Waals surface area (Å²) >= 11 is 0. The van der Waals surface area contributed by atoms with Gasteiger partial charge in [0.1, 0.15) is 0 Å². The maximum Gasteiger partial charge on any atom is 0.0820 e. The van der Waals surface area contributed by atoms with Gasteiger partial charge in [0.2, 0.25) is 0 Å². The third-order valence-corrected chi connectivity index (χ3v) is 6.09. The van der Waals surface area contributed by atoms with Gasteiger partial charge in [0.25, 0.3) is 0 Å². The molecule has 1 atom stereocenters. The fourth-order valence-corrected chi connectivity index (χ4v) is 4.45. The molecule has 0 spiro atoms. The van der Waals surface area contributed by atoms with Gasteiger partial charge in [-0.25, -0.2) is 4.98 Å². The van der Waals surface area contributed by atoms with Gasteiger partial charge in [-0.3, -0.25) is 4.99 Å². The van der Waals surface area contributed by atoms with Crippen LogP contribution in [0.25, 0.3) is 11.3 Å². The highest BCUT2D eigenvalue weighted by molar-refractivity contribution is 5.83. The number of rotatable bonds is 5. The van der Waals surface area contributed by atoms with E-state index in [0.717, 1.165) is 29.9 Å². The lowest BCUT2D eigenvalue weighted by molar-refractivity contribution is 0.714. The molecule has 0 saturated carbocycles. The number of benzene rings is 1. The fourth-order valence-electron chi connectivity index (χ4n) is 4.45. The van der Waals surface area contributed by atoms with Gasteiger partial charge >= 0.3 is 0 Å². The zero-order valence-electron chi connectivity index (χ0n) is 19.3. The van der Waals surface area contributed by atoms with Crippen LogP contribution in [-0.2, 0) is 6.42 Å². The standard InChI is InChI=1S/C28H33N3/c1-18(2)23-12-6-7-13-24(19(3)4)28(23)29-17-22-11-9-15-26(31-22)25-14-8-10-21-16-20(5)30-27(21)25/h6-12,14-15,17-20,30H,13,16H2,1-5H3/b29-17+. The molecular formula is C28H33N3. The summed E-state index contributed by atoms with van der Waals surface area (Å²) in [6.45, 7) is 11.2. The zero-order valence-corrected chi connectivity index (χ0v) is 19.3. The van der Waals surface area contributed by atoms with E-state index < -0.39 is 0 Å². The van der Waals surface area contributed by atoms with Crippen LogP contribution in [-0.4, -0.2) is 17.2 Å². The van der Waals surface area contributed by atoms with Crippen molar-refractivity contribution in [3.05, 3.63) is 82.7 Å². The van der Waals surface area contributed by atoms with Crippen LogP contribution in [0.2, 0.25) is 0 Å². The highest BCUT2D eigenvalue weighted by Crippen LogP contribution is 2.35. The van der Waals surface area contributed by atoms with Gasteiger partial charge in [-0.2, -0.15) is 0 Å². The van der Waals surface area contributed by atoms with E-state index >= 15 is 0 Å². The average Bonchev–Trinajstić information content (AvgIpc) is 2.99. The number of hydrogen-bond acceptors (Lipinski definition) is 3. The molecule has 0 saturated heterocycles. The van der Waals surface area contributed by atoms with Gasteiger partial charge in [0, 0.05) is 17.3 Å². The molecule has 0 fully saturated rings. The topological polar surface area (TPSA) is 37.3 Å². The molecule has 1 aromatic heterocycles. The quantitative estimate of drug-likeness (QED) is 0.539. The van der Waals surface area contributed by atoms with Crippen LogP contribution >= 0.6 is 0 Å². The molecule has 4 rings (SSSR count). The SMILES string of the molecule is CC1Cc2cccc(-c3cccc(/C=N/C4=C(C(C)C)CC=CC=C4C(C)C)n3)c2N1. The van der Waals surface area contributed by atoms with E-state index in [9.17, 15) is 0 Å². The van der Waals surface area contributed by atoms with E-state index in [1.165, 1.54) is 28.0 Å².